The van der Waals surface area contributed by atoms with E-state index in [0.717, 1.165) is 12.0 Å². The Labute approximate surface area is 110 Å². The molecule has 19 heavy (non-hydrogen) atoms. The standard InChI is InChI=1S/C13H19F3N2O/c1-9(2)7-11(18-17)8-10-3-5-12(6-4-10)19-13(14,15)16/h3-6,9,11,18H,7-8,17H2,1-2H3. The van der Waals surface area contributed by atoms with Crippen molar-refractivity contribution < 1.29 is 17.9 Å². The molecular formula is C13H19F3N2O. The topological polar surface area (TPSA) is 47.3 Å². The number of ether oxygens (including phenoxy) is 1. The Balaban J connectivity index is 2.60. The molecule has 1 rings (SSSR count). The Kier molecular flexibility index (Phi) is 5.62. The predicted octanol–water partition coefficient (Wildman–Crippen LogP) is 3.01. The Morgan fingerprint density at radius 3 is 2.21 bits per heavy atom. The summed E-state index contributed by atoms with van der Waals surface area (Å²) in [4.78, 5) is 0. The van der Waals surface area contributed by atoms with Gasteiger partial charge in [-0.1, -0.05) is 26.0 Å². The van der Waals surface area contributed by atoms with Crippen molar-refractivity contribution in [3.8, 4) is 5.75 Å². The van der Waals surface area contributed by atoms with Crippen molar-refractivity contribution in [1.29, 1.82) is 0 Å². The van der Waals surface area contributed by atoms with Crippen LogP contribution >= 0.6 is 0 Å². The monoisotopic (exact) mass is 276 g/mol. The molecule has 0 heterocycles. The van der Waals surface area contributed by atoms with E-state index in [1.807, 2.05) is 0 Å². The summed E-state index contributed by atoms with van der Waals surface area (Å²) in [5.74, 6) is 5.74. The van der Waals surface area contributed by atoms with Gasteiger partial charge in [0, 0.05) is 6.04 Å². The molecule has 3 nitrogen and oxygen atoms in total. The van der Waals surface area contributed by atoms with E-state index >= 15 is 0 Å². The van der Waals surface area contributed by atoms with Crippen LogP contribution in [-0.2, 0) is 6.42 Å². The maximum Gasteiger partial charge on any atom is 0.573 e. The van der Waals surface area contributed by atoms with E-state index in [4.69, 9.17) is 5.84 Å². The first-order valence-electron chi connectivity index (χ1n) is 6.11. The van der Waals surface area contributed by atoms with Gasteiger partial charge in [0.1, 0.15) is 5.75 Å². The van der Waals surface area contributed by atoms with Crippen LogP contribution < -0.4 is 16.0 Å². The number of rotatable bonds is 6. The molecule has 0 aliphatic carbocycles. The van der Waals surface area contributed by atoms with E-state index in [9.17, 15) is 13.2 Å². The van der Waals surface area contributed by atoms with Crippen LogP contribution in [0.4, 0.5) is 13.2 Å². The second kappa shape index (κ2) is 6.77. The molecule has 0 aliphatic heterocycles. The van der Waals surface area contributed by atoms with E-state index in [0.29, 0.717) is 12.3 Å². The third-order valence-corrected chi connectivity index (χ3v) is 2.63. The van der Waals surface area contributed by atoms with Crippen LogP contribution in [0.1, 0.15) is 25.8 Å². The fraction of sp³-hybridized carbons (Fsp3) is 0.538. The number of hydrazine groups is 1. The summed E-state index contributed by atoms with van der Waals surface area (Å²) in [6.07, 6.45) is -3.08. The molecule has 1 atom stereocenters. The van der Waals surface area contributed by atoms with E-state index < -0.39 is 6.36 Å². The highest BCUT2D eigenvalue weighted by Crippen LogP contribution is 2.23. The normalized spacial score (nSPS) is 13.6. The van der Waals surface area contributed by atoms with Gasteiger partial charge in [-0.3, -0.25) is 11.3 Å². The Morgan fingerprint density at radius 2 is 1.79 bits per heavy atom. The maximum atomic E-state index is 12.0. The molecule has 0 spiro atoms. The van der Waals surface area contributed by atoms with Gasteiger partial charge in [0.15, 0.2) is 0 Å². The highest BCUT2D eigenvalue weighted by Gasteiger charge is 2.30. The van der Waals surface area contributed by atoms with Crippen LogP contribution in [0, 0.1) is 5.92 Å². The Morgan fingerprint density at radius 1 is 1.21 bits per heavy atom. The minimum atomic E-state index is -4.65. The molecule has 0 bridgehead atoms. The zero-order valence-electron chi connectivity index (χ0n) is 11.0. The summed E-state index contributed by atoms with van der Waals surface area (Å²) in [7, 11) is 0. The van der Waals surface area contributed by atoms with Gasteiger partial charge in [0.2, 0.25) is 0 Å². The third-order valence-electron chi connectivity index (χ3n) is 2.63. The van der Waals surface area contributed by atoms with Crippen molar-refractivity contribution in [2.75, 3.05) is 0 Å². The van der Waals surface area contributed by atoms with Gasteiger partial charge >= 0.3 is 6.36 Å². The number of alkyl halides is 3. The number of nitrogens with two attached hydrogens (primary N) is 1. The van der Waals surface area contributed by atoms with Crippen LogP contribution in [0.5, 0.6) is 5.75 Å². The molecule has 108 valence electrons. The van der Waals surface area contributed by atoms with Crippen molar-refractivity contribution in [1.82, 2.24) is 5.43 Å². The highest BCUT2D eigenvalue weighted by molar-refractivity contribution is 5.27. The van der Waals surface area contributed by atoms with E-state index in [2.05, 4.69) is 24.0 Å². The van der Waals surface area contributed by atoms with Crippen LogP contribution in [0.15, 0.2) is 24.3 Å². The van der Waals surface area contributed by atoms with Crippen LogP contribution in [0.3, 0.4) is 0 Å². The van der Waals surface area contributed by atoms with Crippen molar-refractivity contribution in [3.63, 3.8) is 0 Å². The third kappa shape index (κ3) is 6.45. The van der Waals surface area contributed by atoms with Crippen LogP contribution in [0.25, 0.3) is 0 Å². The van der Waals surface area contributed by atoms with Gasteiger partial charge in [0.05, 0.1) is 0 Å². The summed E-state index contributed by atoms with van der Waals surface area (Å²) in [6, 6.07) is 5.96. The number of halogens is 3. The van der Waals surface area contributed by atoms with E-state index in [1.165, 1.54) is 12.1 Å². The molecule has 1 aromatic carbocycles. The average molecular weight is 276 g/mol. The summed E-state index contributed by atoms with van der Waals surface area (Å²) in [5.41, 5.74) is 3.64. The zero-order valence-corrected chi connectivity index (χ0v) is 11.0. The summed E-state index contributed by atoms with van der Waals surface area (Å²) in [5, 5.41) is 0. The van der Waals surface area contributed by atoms with Crippen LogP contribution in [0.2, 0.25) is 0 Å². The molecule has 0 amide bonds. The Bertz CT molecular complexity index is 376. The second-order valence-corrected chi connectivity index (χ2v) is 4.89. The van der Waals surface area contributed by atoms with Gasteiger partial charge in [0.25, 0.3) is 0 Å². The molecule has 0 saturated heterocycles. The highest BCUT2D eigenvalue weighted by atomic mass is 19.4. The van der Waals surface area contributed by atoms with Crippen molar-refractivity contribution in [2.24, 2.45) is 11.8 Å². The molecule has 3 N–H and O–H groups in total. The smallest absolute Gasteiger partial charge is 0.406 e. The molecule has 0 fully saturated rings. The fourth-order valence-electron chi connectivity index (χ4n) is 1.89. The molecule has 6 heteroatoms. The summed E-state index contributed by atoms with van der Waals surface area (Å²) in [6.45, 7) is 4.18. The van der Waals surface area contributed by atoms with Crippen LogP contribution in [-0.4, -0.2) is 12.4 Å². The SMILES string of the molecule is CC(C)CC(Cc1ccc(OC(F)(F)F)cc1)NN. The Hall–Kier alpha value is -1.27. The molecule has 0 radical (unpaired) electrons. The average Bonchev–Trinajstić information content (AvgIpc) is 2.28. The lowest BCUT2D eigenvalue weighted by atomic mass is 9.98. The molecule has 0 saturated carbocycles. The predicted molar refractivity (Wildman–Crippen MR) is 67.4 cm³/mol. The van der Waals surface area contributed by atoms with Crippen molar-refractivity contribution in [2.45, 2.75) is 39.1 Å². The maximum absolute atomic E-state index is 12.0. The van der Waals surface area contributed by atoms with Gasteiger partial charge in [-0.25, -0.2) is 0 Å². The van der Waals surface area contributed by atoms with Crippen molar-refractivity contribution in [3.05, 3.63) is 29.8 Å². The van der Waals surface area contributed by atoms with Gasteiger partial charge in [-0.2, -0.15) is 0 Å². The molecule has 0 aromatic heterocycles. The quantitative estimate of drug-likeness (QED) is 0.620. The molecule has 0 aliphatic rings. The number of hydrogen-bond acceptors (Lipinski definition) is 3. The first-order chi connectivity index (χ1) is 8.80. The largest absolute Gasteiger partial charge is 0.573 e. The van der Waals surface area contributed by atoms with Gasteiger partial charge in [-0.05, 0) is 36.5 Å². The van der Waals surface area contributed by atoms with Crippen molar-refractivity contribution >= 4 is 0 Å². The van der Waals surface area contributed by atoms with Gasteiger partial charge < -0.3 is 4.74 Å². The first-order valence-corrected chi connectivity index (χ1v) is 6.11. The second-order valence-electron chi connectivity index (χ2n) is 4.89. The minimum Gasteiger partial charge on any atom is -0.406 e. The summed E-state index contributed by atoms with van der Waals surface area (Å²) >= 11 is 0. The van der Waals surface area contributed by atoms with Gasteiger partial charge in [-0.15, -0.1) is 13.2 Å². The summed E-state index contributed by atoms with van der Waals surface area (Å²) < 4.78 is 39.8. The minimum absolute atomic E-state index is 0.106. The zero-order chi connectivity index (χ0) is 14.5. The number of hydrogen-bond donors (Lipinski definition) is 2. The molecule has 1 aromatic rings. The number of benzene rings is 1. The van der Waals surface area contributed by atoms with E-state index in [-0.39, 0.29) is 11.8 Å². The molecule has 1 unspecified atom stereocenters. The lowest BCUT2D eigenvalue weighted by Crippen LogP contribution is -2.37. The van der Waals surface area contributed by atoms with E-state index in [1.54, 1.807) is 12.1 Å². The molecular weight excluding hydrogens is 257 g/mol. The lowest BCUT2D eigenvalue weighted by molar-refractivity contribution is -0.274. The fourth-order valence-corrected chi connectivity index (χ4v) is 1.89. The first kappa shape index (κ1) is 15.8. The lowest BCUT2D eigenvalue weighted by Gasteiger charge is -2.18. The number of nitrogens with one attached hydrogen (secondary N) is 1.